The number of aromatic nitrogens is 1. The summed E-state index contributed by atoms with van der Waals surface area (Å²) in [6.45, 7) is 0. The molecule has 2 aromatic carbocycles. The molecule has 1 aliphatic carbocycles. The number of rotatable bonds is 5. The molecule has 5 rings (SSSR count). The van der Waals surface area contributed by atoms with Gasteiger partial charge in [0.15, 0.2) is 11.2 Å². The number of pyridine rings is 1. The minimum atomic E-state index is -2.74. The first kappa shape index (κ1) is 23.5. The Bertz CT molecular complexity index is 1290. The number of ether oxygens (including phenoxy) is 2. The van der Waals surface area contributed by atoms with Gasteiger partial charge < -0.3 is 24.8 Å². The summed E-state index contributed by atoms with van der Waals surface area (Å²) in [4.78, 5) is 16.6. The van der Waals surface area contributed by atoms with Crippen LogP contribution in [-0.2, 0) is 16.0 Å². The standard InChI is InChI=1S/C25H20ClF2NO6/c1-34-22-19-15(11-16(26)29-22)35-25(14-9-7-13(8-10-14)21(27)28)18(12-5-3-2-4-6-12)17(23(31)32)20(30)24(19,25)33/h2-11,17-18,20-21,30,33H,1H3,(H,31,32)/t17-,18-,20-,24+,25+/m1/s1. The van der Waals surface area contributed by atoms with Crippen molar-refractivity contribution in [2.24, 2.45) is 5.92 Å². The summed E-state index contributed by atoms with van der Waals surface area (Å²) in [7, 11) is 1.28. The van der Waals surface area contributed by atoms with Crippen molar-refractivity contribution in [3.05, 3.63) is 88.1 Å². The van der Waals surface area contributed by atoms with Gasteiger partial charge in [0.2, 0.25) is 5.88 Å². The van der Waals surface area contributed by atoms with Gasteiger partial charge in [0, 0.05) is 17.5 Å². The van der Waals surface area contributed by atoms with E-state index in [1.165, 1.54) is 37.4 Å². The van der Waals surface area contributed by atoms with Crippen LogP contribution in [0, 0.1) is 5.92 Å². The molecule has 0 amide bonds. The highest BCUT2D eigenvalue weighted by atomic mass is 35.5. The Kier molecular flexibility index (Phi) is 5.47. The topological polar surface area (TPSA) is 109 Å². The lowest BCUT2D eigenvalue weighted by molar-refractivity contribution is -0.159. The van der Waals surface area contributed by atoms with E-state index in [4.69, 9.17) is 21.1 Å². The number of fused-ring (bicyclic) bond motifs is 3. The van der Waals surface area contributed by atoms with Crippen LogP contribution in [-0.4, -0.2) is 39.5 Å². The second-order valence-corrected chi connectivity index (χ2v) is 8.94. The van der Waals surface area contributed by atoms with Crippen LogP contribution in [0.1, 0.15) is 34.6 Å². The van der Waals surface area contributed by atoms with E-state index in [-0.39, 0.29) is 33.5 Å². The number of aliphatic carboxylic acids is 1. The Labute approximate surface area is 203 Å². The number of hydrogen-bond acceptors (Lipinski definition) is 6. The molecule has 10 heteroatoms. The lowest BCUT2D eigenvalue weighted by Crippen LogP contribution is -2.52. The molecule has 0 unspecified atom stereocenters. The normalized spacial score (nSPS) is 28.9. The zero-order valence-electron chi connectivity index (χ0n) is 18.2. The van der Waals surface area contributed by atoms with Crippen molar-refractivity contribution in [3.8, 4) is 11.6 Å². The fourth-order valence-corrected chi connectivity index (χ4v) is 5.74. The molecule has 1 aromatic heterocycles. The van der Waals surface area contributed by atoms with Crippen molar-refractivity contribution in [1.82, 2.24) is 4.98 Å². The van der Waals surface area contributed by atoms with Gasteiger partial charge in [-0.3, -0.25) is 4.79 Å². The van der Waals surface area contributed by atoms with E-state index in [1.54, 1.807) is 30.3 Å². The van der Waals surface area contributed by atoms with Crippen molar-refractivity contribution >= 4 is 17.6 Å². The molecule has 182 valence electrons. The minimum Gasteiger partial charge on any atom is -0.481 e. The van der Waals surface area contributed by atoms with Gasteiger partial charge in [-0.2, -0.15) is 0 Å². The molecule has 0 bridgehead atoms. The van der Waals surface area contributed by atoms with Gasteiger partial charge >= 0.3 is 5.97 Å². The average Bonchev–Trinajstić information content (AvgIpc) is 3.22. The molecule has 5 atom stereocenters. The maximum absolute atomic E-state index is 13.3. The number of alkyl halides is 2. The third kappa shape index (κ3) is 3.08. The molecule has 1 saturated carbocycles. The Hall–Kier alpha value is -3.27. The molecule has 0 spiro atoms. The second-order valence-electron chi connectivity index (χ2n) is 8.55. The summed E-state index contributed by atoms with van der Waals surface area (Å²) in [5.41, 5.74) is -4.02. The largest absolute Gasteiger partial charge is 0.481 e. The van der Waals surface area contributed by atoms with E-state index in [1.807, 2.05) is 0 Å². The Morgan fingerprint density at radius 2 is 1.83 bits per heavy atom. The van der Waals surface area contributed by atoms with Gasteiger partial charge in [-0.1, -0.05) is 66.2 Å². The van der Waals surface area contributed by atoms with E-state index in [0.29, 0.717) is 5.56 Å². The maximum Gasteiger partial charge on any atom is 0.310 e. The lowest BCUT2D eigenvalue weighted by Gasteiger charge is -2.40. The third-order valence-electron chi connectivity index (χ3n) is 6.93. The number of carboxylic acid groups (broad SMARTS) is 1. The molecule has 1 aliphatic heterocycles. The molecular weight excluding hydrogens is 484 g/mol. The summed E-state index contributed by atoms with van der Waals surface area (Å²) in [6, 6.07) is 14.8. The summed E-state index contributed by atoms with van der Waals surface area (Å²) in [6.07, 6.45) is -4.63. The number of aliphatic hydroxyl groups excluding tert-OH is 1. The highest BCUT2D eigenvalue weighted by Gasteiger charge is 2.78. The molecule has 2 aliphatic rings. The van der Waals surface area contributed by atoms with Crippen molar-refractivity contribution in [2.75, 3.05) is 7.11 Å². The third-order valence-corrected chi connectivity index (χ3v) is 7.12. The maximum atomic E-state index is 13.3. The van der Waals surface area contributed by atoms with Crippen LogP contribution in [0.2, 0.25) is 5.15 Å². The van der Waals surface area contributed by atoms with Crippen molar-refractivity contribution in [2.45, 2.75) is 29.6 Å². The number of benzene rings is 2. The number of methoxy groups -OCH3 is 1. The van der Waals surface area contributed by atoms with Gasteiger partial charge in [0.1, 0.15) is 17.0 Å². The van der Waals surface area contributed by atoms with E-state index >= 15 is 0 Å². The first-order valence-corrected chi connectivity index (χ1v) is 11.1. The summed E-state index contributed by atoms with van der Waals surface area (Å²) < 4.78 is 38.3. The summed E-state index contributed by atoms with van der Waals surface area (Å²) >= 11 is 6.13. The molecule has 2 heterocycles. The summed E-state index contributed by atoms with van der Waals surface area (Å²) in [5.74, 6) is -4.17. The molecule has 3 aromatic rings. The summed E-state index contributed by atoms with van der Waals surface area (Å²) in [5, 5.41) is 34.0. The predicted octanol–water partition coefficient (Wildman–Crippen LogP) is 4.02. The SMILES string of the molecule is COc1nc(Cl)cc2c1[C@]1(O)[C@H](O)[C@H](C(=O)O)[C@@H](c3ccccc3)[C@]1(c1ccc(C(F)F)cc1)O2. The quantitative estimate of drug-likeness (QED) is 0.451. The molecule has 1 fully saturated rings. The highest BCUT2D eigenvalue weighted by Crippen LogP contribution is 2.69. The number of aliphatic hydroxyl groups is 2. The molecule has 35 heavy (non-hydrogen) atoms. The number of hydrogen-bond donors (Lipinski definition) is 3. The second kappa shape index (κ2) is 8.15. The number of halogens is 3. The van der Waals surface area contributed by atoms with Crippen LogP contribution in [0.3, 0.4) is 0 Å². The zero-order chi connectivity index (χ0) is 25.1. The number of nitrogens with zero attached hydrogens (tertiary/aromatic N) is 1. The Balaban J connectivity index is 1.87. The first-order chi connectivity index (χ1) is 16.7. The van der Waals surface area contributed by atoms with Crippen molar-refractivity contribution in [1.29, 1.82) is 0 Å². The van der Waals surface area contributed by atoms with Crippen LogP contribution in [0.4, 0.5) is 8.78 Å². The van der Waals surface area contributed by atoms with Gasteiger partial charge in [0.25, 0.3) is 6.43 Å². The van der Waals surface area contributed by atoms with Crippen LogP contribution < -0.4 is 9.47 Å². The van der Waals surface area contributed by atoms with Gasteiger partial charge in [-0.25, -0.2) is 13.8 Å². The highest BCUT2D eigenvalue weighted by molar-refractivity contribution is 6.29. The van der Waals surface area contributed by atoms with Crippen molar-refractivity contribution < 1.29 is 38.4 Å². The van der Waals surface area contributed by atoms with Crippen LogP contribution in [0.25, 0.3) is 0 Å². The average molecular weight is 504 g/mol. The van der Waals surface area contributed by atoms with E-state index in [9.17, 15) is 28.9 Å². The minimum absolute atomic E-state index is 0.0205. The van der Waals surface area contributed by atoms with Crippen LogP contribution in [0.15, 0.2) is 60.7 Å². The van der Waals surface area contributed by atoms with E-state index in [0.717, 1.165) is 0 Å². The van der Waals surface area contributed by atoms with Gasteiger partial charge in [0.05, 0.1) is 18.6 Å². The molecular formula is C25H20ClF2NO6. The molecule has 0 saturated heterocycles. The molecule has 3 N–H and O–H groups in total. The predicted molar refractivity (Wildman–Crippen MR) is 120 cm³/mol. The van der Waals surface area contributed by atoms with E-state index < -0.39 is 41.5 Å². The van der Waals surface area contributed by atoms with Crippen LogP contribution >= 0.6 is 11.6 Å². The number of carboxylic acids is 1. The van der Waals surface area contributed by atoms with Crippen molar-refractivity contribution in [3.63, 3.8) is 0 Å². The first-order valence-electron chi connectivity index (χ1n) is 10.7. The zero-order valence-corrected chi connectivity index (χ0v) is 19.0. The fourth-order valence-electron chi connectivity index (χ4n) is 5.56. The molecule has 7 nitrogen and oxygen atoms in total. The smallest absolute Gasteiger partial charge is 0.310 e. The Morgan fingerprint density at radius 1 is 1.17 bits per heavy atom. The Morgan fingerprint density at radius 3 is 2.40 bits per heavy atom. The fraction of sp³-hybridized carbons (Fsp3) is 0.280. The molecule has 0 radical (unpaired) electrons. The lowest BCUT2D eigenvalue weighted by atomic mass is 9.70. The number of carbonyl (C=O) groups is 1. The van der Waals surface area contributed by atoms with Gasteiger partial charge in [-0.05, 0) is 11.1 Å². The monoisotopic (exact) mass is 503 g/mol. The van der Waals surface area contributed by atoms with Gasteiger partial charge in [-0.15, -0.1) is 0 Å². The van der Waals surface area contributed by atoms with Crippen LogP contribution in [0.5, 0.6) is 11.6 Å². The van der Waals surface area contributed by atoms with E-state index in [2.05, 4.69) is 4.98 Å².